The highest BCUT2D eigenvalue weighted by Gasteiger charge is 2.79. The van der Waals surface area contributed by atoms with E-state index >= 15 is 0 Å². The van der Waals surface area contributed by atoms with Crippen molar-refractivity contribution in [1.82, 2.24) is 4.90 Å². The summed E-state index contributed by atoms with van der Waals surface area (Å²) >= 11 is 0. The maximum atomic E-state index is 13.1. The number of phenols is 1. The van der Waals surface area contributed by atoms with Crippen molar-refractivity contribution in [3.63, 3.8) is 0 Å². The lowest BCUT2D eigenvalue weighted by Gasteiger charge is -2.62. The van der Waals surface area contributed by atoms with Crippen LogP contribution < -0.4 is 4.90 Å². The first-order valence-electron chi connectivity index (χ1n) is 10.6. The third-order valence-corrected chi connectivity index (χ3v) is 8.60. The fourth-order valence-electron chi connectivity index (χ4n) is 7.92. The molecule has 1 saturated carbocycles. The number of aromatic hydroxyl groups is 1. The molecule has 1 aliphatic carbocycles. The summed E-state index contributed by atoms with van der Waals surface area (Å²) < 4.78 is 6.80. The van der Waals surface area contributed by atoms with Gasteiger partial charge in [-0.05, 0) is 50.2 Å². The third-order valence-electron chi connectivity index (χ3n) is 8.60. The van der Waals surface area contributed by atoms with Crippen LogP contribution in [-0.2, 0) is 14.9 Å². The van der Waals surface area contributed by atoms with E-state index in [2.05, 4.69) is 11.0 Å². The van der Waals surface area contributed by atoms with Crippen molar-refractivity contribution in [2.45, 2.75) is 69.1 Å². The molecule has 1 N–H and O–H groups in total. The van der Waals surface area contributed by atoms with Crippen LogP contribution in [-0.4, -0.2) is 47.4 Å². The second-order valence-corrected chi connectivity index (χ2v) is 9.18. The first-order chi connectivity index (χ1) is 13.1. The number of amides is 1. The van der Waals surface area contributed by atoms with E-state index in [4.69, 9.17) is 4.74 Å². The lowest BCUT2D eigenvalue weighted by atomic mass is 9.50. The minimum Gasteiger partial charge on any atom is -0.506 e. The molecule has 0 aromatic heterocycles. The van der Waals surface area contributed by atoms with Gasteiger partial charge >= 0.3 is 0 Å². The Kier molecular flexibility index (Phi) is 3.07. The summed E-state index contributed by atoms with van der Waals surface area (Å²) in [5.41, 5.74) is 1.62. The monoisotopic (exact) mass is 368 g/mol. The number of piperidine rings is 1. The van der Waals surface area contributed by atoms with Crippen molar-refractivity contribution < 1.29 is 14.6 Å². The lowest BCUT2D eigenvalue weighted by Crippen LogP contribution is -2.73. The van der Waals surface area contributed by atoms with E-state index in [1.807, 2.05) is 17.9 Å². The number of carbonyl (C=O) groups excluding carboxylic acids is 1. The molecular weight excluding hydrogens is 340 g/mol. The average Bonchev–Trinajstić information content (AvgIpc) is 3.32. The van der Waals surface area contributed by atoms with Gasteiger partial charge in [0, 0.05) is 31.5 Å². The quantitative estimate of drug-likeness (QED) is 0.827. The van der Waals surface area contributed by atoms with Gasteiger partial charge in [0.1, 0.15) is 11.5 Å². The van der Waals surface area contributed by atoms with Crippen molar-refractivity contribution >= 4 is 11.6 Å². The molecule has 4 heterocycles. The Morgan fingerprint density at radius 2 is 2.15 bits per heavy atom. The zero-order chi connectivity index (χ0) is 18.4. The molecule has 4 unspecified atom stereocenters. The van der Waals surface area contributed by atoms with Gasteiger partial charge in [-0.15, -0.1) is 0 Å². The molecule has 5 heteroatoms. The number of phenolic OH excluding ortho intramolecular Hbond substituents is 1. The Hall–Kier alpha value is -1.59. The topological polar surface area (TPSA) is 53.0 Å². The predicted octanol–water partition coefficient (Wildman–Crippen LogP) is 3.15. The highest BCUT2D eigenvalue weighted by atomic mass is 16.5. The van der Waals surface area contributed by atoms with Gasteiger partial charge in [-0.3, -0.25) is 9.69 Å². The summed E-state index contributed by atoms with van der Waals surface area (Å²) in [6.07, 6.45) is 7.22. The van der Waals surface area contributed by atoms with Crippen molar-refractivity contribution in [2.75, 3.05) is 24.6 Å². The van der Waals surface area contributed by atoms with Crippen molar-refractivity contribution in [1.29, 1.82) is 0 Å². The molecule has 0 bridgehead atoms. The number of nitrogens with zero attached hydrogens (tertiary/aromatic N) is 2. The Morgan fingerprint density at radius 3 is 3.00 bits per heavy atom. The average molecular weight is 368 g/mol. The van der Waals surface area contributed by atoms with Gasteiger partial charge in [0.15, 0.2) is 0 Å². The van der Waals surface area contributed by atoms with Gasteiger partial charge in [-0.25, -0.2) is 0 Å². The summed E-state index contributed by atoms with van der Waals surface area (Å²) in [6.45, 7) is 4.86. The van der Waals surface area contributed by atoms with E-state index < -0.39 is 0 Å². The molecule has 5 aliphatic rings. The Balaban J connectivity index is 1.66. The van der Waals surface area contributed by atoms with Crippen LogP contribution in [0, 0.1) is 5.41 Å². The molecule has 0 radical (unpaired) electrons. The molecule has 6 rings (SSSR count). The normalized spacial score (nSPS) is 41.8. The van der Waals surface area contributed by atoms with E-state index in [1.165, 1.54) is 12.8 Å². The van der Waals surface area contributed by atoms with Crippen LogP contribution in [0.5, 0.6) is 5.75 Å². The zero-order valence-electron chi connectivity index (χ0n) is 16.0. The Labute approximate surface area is 160 Å². The number of rotatable bonds is 1. The second kappa shape index (κ2) is 5.06. The SMILES string of the molecule is CCC(=O)N1c2c(O)cccc2C23CCN4CCCC5(CCOC452)CCC13. The second-order valence-electron chi connectivity index (χ2n) is 9.18. The molecule has 2 spiro atoms. The fraction of sp³-hybridized carbons (Fsp3) is 0.682. The molecule has 27 heavy (non-hydrogen) atoms. The van der Waals surface area contributed by atoms with Gasteiger partial charge in [-0.2, -0.15) is 0 Å². The molecule has 1 amide bonds. The zero-order valence-corrected chi connectivity index (χ0v) is 16.0. The molecular formula is C22H28N2O3. The number of ether oxygens (including phenoxy) is 1. The van der Waals surface area contributed by atoms with Crippen LogP contribution in [0.1, 0.15) is 57.4 Å². The van der Waals surface area contributed by atoms with Crippen LogP contribution in [0.3, 0.4) is 0 Å². The van der Waals surface area contributed by atoms with Gasteiger partial charge in [0.25, 0.3) is 0 Å². The van der Waals surface area contributed by atoms with E-state index in [1.54, 1.807) is 6.07 Å². The maximum Gasteiger partial charge on any atom is 0.227 e. The van der Waals surface area contributed by atoms with Crippen LogP contribution >= 0.6 is 0 Å². The molecule has 4 aliphatic heterocycles. The minimum absolute atomic E-state index is 0.0996. The first-order valence-corrected chi connectivity index (χ1v) is 10.6. The summed E-state index contributed by atoms with van der Waals surface area (Å²) in [4.78, 5) is 17.6. The van der Waals surface area contributed by atoms with Gasteiger partial charge in [0.2, 0.25) is 5.91 Å². The molecule has 144 valence electrons. The van der Waals surface area contributed by atoms with Gasteiger partial charge < -0.3 is 14.7 Å². The number of fused-ring (bicyclic) bond motifs is 1. The van der Waals surface area contributed by atoms with Crippen LogP contribution in [0.4, 0.5) is 5.69 Å². The third kappa shape index (κ3) is 1.53. The fourth-order valence-corrected chi connectivity index (χ4v) is 7.92. The summed E-state index contributed by atoms with van der Waals surface area (Å²) in [6, 6.07) is 5.95. The lowest BCUT2D eigenvalue weighted by molar-refractivity contribution is -0.232. The summed E-state index contributed by atoms with van der Waals surface area (Å²) in [5, 5.41) is 10.8. The van der Waals surface area contributed by atoms with E-state index in [-0.39, 0.29) is 34.3 Å². The van der Waals surface area contributed by atoms with Crippen LogP contribution in [0.2, 0.25) is 0 Å². The maximum absolute atomic E-state index is 13.1. The molecule has 5 nitrogen and oxygen atoms in total. The highest BCUT2D eigenvalue weighted by Crippen LogP contribution is 2.73. The Bertz CT molecular complexity index is 841. The molecule has 1 aromatic carbocycles. The number of hydrogen-bond acceptors (Lipinski definition) is 4. The van der Waals surface area contributed by atoms with Crippen LogP contribution in [0.15, 0.2) is 18.2 Å². The standard InChI is InChI=1S/C22H28N2O3/c1-2-18(26)24-17-7-9-20-8-4-12-23-13-10-21(17,22(20,23)27-14-11-20)15-5-3-6-16(25)19(15)24/h3,5-6,17,25H,2,4,7-14H2,1H3. The van der Waals surface area contributed by atoms with Gasteiger partial charge in [-0.1, -0.05) is 19.1 Å². The number of para-hydroxylation sites is 1. The first kappa shape index (κ1) is 16.4. The van der Waals surface area contributed by atoms with Crippen molar-refractivity contribution in [2.24, 2.45) is 5.41 Å². The van der Waals surface area contributed by atoms with E-state index in [9.17, 15) is 9.90 Å². The largest absolute Gasteiger partial charge is 0.506 e. The van der Waals surface area contributed by atoms with E-state index in [0.717, 1.165) is 56.6 Å². The van der Waals surface area contributed by atoms with E-state index in [0.29, 0.717) is 6.42 Å². The number of anilines is 1. The molecule has 1 aromatic rings. The highest BCUT2D eigenvalue weighted by molar-refractivity contribution is 5.99. The number of carbonyl (C=O) groups is 1. The smallest absolute Gasteiger partial charge is 0.227 e. The van der Waals surface area contributed by atoms with Crippen molar-refractivity contribution in [3.05, 3.63) is 23.8 Å². The van der Waals surface area contributed by atoms with Crippen LogP contribution in [0.25, 0.3) is 0 Å². The van der Waals surface area contributed by atoms with Gasteiger partial charge in [0.05, 0.1) is 17.1 Å². The Morgan fingerprint density at radius 1 is 1.26 bits per heavy atom. The number of benzene rings is 1. The number of hydrogen-bond donors (Lipinski definition) is 1. The molecule has 3 saturated heterocycles. The summed E-state index contributed by atoms with van der Waals surface area (Å²) in [5.74, 6) is 0.364. The summed E-state index contributed by atoms with van der Waals surface area (Å²) in [7, 11) is 0. The minimum atomic E-state index is -0.299. The predicted molar refractivity (Wildman–Crippen MR) is 102 cm³/mol. The molecule has 4 atom stereocenters. The molecule has 4 fully saturated rings. The van der Waals surface area contributed by atoms with Crippen molar-refractivity contribution in [3.8, 4) is 5.75 Å².